The molecule has 1 saturated heterocycles. The summed E-state index contributed by atoms with van der Waals surface area (Å²) < 4.78 is 0. The third kappa shape index (κ3) is 8.29. The van der Waals surface area contributed by atoms with Gasteiger partial charge in [0.25, 0.3) is 0 Å². The maximum absolute atomic E-state index is 10.9. The normalized spacial score (nSPS) is 15.3. The third-order valence-corrected chi connectivity index (χ3v) is 5.18. The molecule has 2 aromatic rings. The zero-order chi connectivity index (χ0) is 18.2. The van der Waals surface area contributed by atoms with Crippen LogP contribution in [0.5, 0.6) is 0 Å². The van der Waals surface area contributed by atoms with Gasteiger partial charge in [-0.2, -0.15) is 0 Å². The van der Waals surface area contributed by atoms with Gasteiger partial charge in [-0.3, -0.25) is 9.69 Å². The molecular formula is C22H30N2Na2O2. The monoisotopic (exact) mass is 400 g/mol. The van der Waals surface area contributed by atoms with E-state index in [1.807, 2.05) is 4.90 Å². The van der Waals surface area contributed by atoms with Crippen LogP contribution >= 0.6 is 0 Å². The van der Waals surface area contributed by atoms with Gasteiger partial charge in [0.05, 0.1) is 6.54 Å². The number of carboxylic acid groups (broad SMARTS) is 1. The summed E-state index contributed by atoms with van der Waals surface area (Å²) in [7, 11) is 0. The molecule has 1 fully saturated rings. The van der Waals surface area contributed by atoms with E-state index in [-0.39, 0.29) is 65.7 Å². The first-order chi connectivity index (χ1) is 12.7. The molecule has 6 heteroatoms. The second-order valence-corrected chi connectivity index (χ2v) is 7.03. The SMILES string of the molecule is O=C(O)CN1CCCN(CCC(c2ccccc2)c2ccccc2)CC1.[NaH].[NaH]. The summed E-state index contributed by atoms with van der Waals surface area (Å²) in [5, 5.41) is 9.00. The van der Waals surface area contributed by atoms with Crippen LogP contribution < -0.4 is 0 Å². The Hall–Kier alpha value is -0.170. The van der Waals surface area contributed by atoms with Crippen molar-refractivity contribution in [1.29, 1.82) is 0 Å². The van der Waals surface area contributed by atoms with Crippen molar-refractivity contribution in [2.75, 3.05) is 39.3 Å². The minimum absolute atomic E-state index is 0. The van der Waals surface area contributed by atoms with Gasteiger partial charge < -0.3 is 10.0 Å². The summed E-state index contributed by atoms with van der Waals surface area (Å²) >= 11 is 0. The van der Waals surface area contributed by atoms with E-state index in [4.69, 9.17) is 5.11 Å². The molecule has 28 heavy (non-hydrogen) atoms. The Balaban J connectivity index is 0.00000196. The summed E-state index contributed by atoms with van der Waals surface area (Å²) in [6, 6.07) is 21.4. The molecule has 0 bridgehead atoms. The van der Waals surface area contributed by atoms with E-state index in [2.05, 4.69) is 65.6 Å². The van der Waals surface area contributed by atoms with Crippen molar-refractivity contribution in [3.8, 4) is 0 Å². The van der Waals surface area contributed by atoms with Gasteiger partial charge in [-0.05, 0) is 37.1 Å². The fourth-order valence-electron chi connectivity index (χ4n) is 3.81. The second-order valence-electron chi connectivity index (χ2n) is 7.03. The first-order valence-electron chi connectivity index (χ1n) is 9.49. The van der Waals surface area contributed by atoms with Crippen molar-refractivity contribution in [3.05, 3.63) is 71.8 Å². The number of aliphatic carboxylic acids is 1. The molecule has 0 aliphatic carbocycles. The molecule has 1 aliphatic heterocycles. The zero-order valence-electron chi connectivity index (χ0n) is 15.3. The molecule has 0 unspecified atom stereocenters. The van der Waals surface area contributed by atoms with Crippen molar-refractivity contribution in [2.24, 2.45) is 0 Å². The van der Waals surface area contributed by atoms with Gasteiger partial charge in [-0.1, -0.05) is 60.7 Å². The van der Waals surface area contributed by atoms with Crippen LogP contribution in [-0.4, -0.2) is 119 Å². The minimum atomic E-state index is -0.730. The summed E-state index contributed by atoms with van der Waals surface area (Å²) in [4.78, 5) is 15.5. The van der Waals surface area contributed by atoms with Gasteiger partial charge in [0.15, 0.2) is 0 Å². The molecule has 1 N–H and O–H groups in total. The number of carbonyl (C=O) groups is 1. The van der Waals surface area contributed by atoms with E-state index in [1.165, 1.54) is 11.1 Å². The Kier molecular flexibility index (Phi) is 12.9. The molecule has 0 atom stereocenters. The van der Waals surface area contributed by atoms with Crippen LogP contribution in [0, 0.1) is 0 Å². The Labute approximate surface area is 212 Å². The Morgan fingerprint density at radius 2 is 1.32 bits per heavy atom. The van der Waals surface area contributed by atoms with Crippen LogP contribution in [0.4, 0.5) is 0 Å². The van der Waals surface area contributed by atoms with E-state index in [1.54, 1.807) is 0 Å². The third-order valence-electron chi connectivity index (χ3n) is 5.18. The average molecular weight is 400 g/mol. The Morgan fingerprint density at radius 3 is 1.86 bits per heavy atom. The molecule has 1 aliphatic rings. The van der Waals surface area contributed by atoms with Gasteiger partial charge in [0.1, 0.15) is 0 Å². The van der Waals surface area contributed by atoms with Crippen LogP contribution in [-0.2, 0) is 4.79 Å². The first-order valence-corrected chi connectivity index (χ1v) is 9.49. The Bertz CT molecular complexity index is 646. The number of nitrogens with zero attached hydrogens (tertiary/aromatic N) is 2. The predicted molar refractivity (Wildman–Crippen MR) is 119 cm³/mol. The van der Waals surface area contributed by atoms with Crippen LogP contribution in [0.2, 0.25) is 0 Å². The zero-order valence-corrected chi connectivity index (χ0v) is 15.3. The number of hydrogen-bond acceptors (Lipinski definition) is 3. The molecule has 0 saturated carbocycles. The standard InChI is InChI=1S/C22H28N2O2.2Na.2H/c25-22(26)18-24-14-7-13-23(16-17-24)15-12-21(19-8-3-1-4-9-19)20-10-5-2-6-11-20;;;;/h1-6,8-11,21H,7,12-18H2,(H,25,26);;;;. The summed E-state index contributed by atoms with van der Waals surface area (Å²) in [5.74, 6) is -0.331. The molecule has 3 rings (SSSR count). The van der Waals surface area contributed by atoms with Gasteiger partial charge in [0, 0.05) is 25.6 Å². The molecule has 1 heterocycles. The van der Waals surface area contributed by atoms with Crippen molar-refractivity contribution in [1.82, 2.24) is 9.80 Å². The van der Waals surface area contributed by atoms with Gasteiger partial charge in [-0.15, -0.1) is 0 Å². The van der Waals surface area contributed by atoms with E-state index < -0.39 is 5.97 Å². The molecule has 0 amide bonds. The number of hydrogen-bond donors (Lipinski definition) is 1. The molecule has 0 aromatic heterocycles. The molecule has 2 aromatic carbocycles. The van der Waals surface area contributed by atoms with E-state index in [0.29, 0.717) is 5.92 Å². The molecule has 142 valence electrons. The van der Waals surface area contributed by atoms with Crippen LogP contribution in [0.15, 0.2) is 60.7 Å². The van der Waals surface area contributed by atoms with E-state index in [0.717, 1.165) is 45.6 Å². The van der Waals surface area contributed by atoms with Crippen molar-refractivity contribution in [3.63, 3.8) is 0 Å². The summed E-state index contributed by atoms with van der Waals surface area (Å²) in [6.45, 7) is 4.91. The second kappa shape index (κ2) is 13.9. The number of benzene rings is 2. The number of carboxylic acids is 1. The van der Waals surface area contributed by atoms with E-state index >= 15 is 0 Å². The quantitative estimate of drug-likeness (QED) is 0.722. The van der Waals surface area contributed by atoms with Crippen molar-refractivity contribution in [2.45, 2.75) is 18.8 Å². The number of rotatable bonds is 7. The average Bonchev–Trinajstić information content (AvgIpc) is 2.88. The molecule has 0 spiro atoms. The van der Waals surface area contributed by atoms with Gasteiger partial charge in [0.2, 0.25) is 0 Å². The molecule has 0 radical (unpaired) electrons. The predicted octanol–water partition coefficient (Wildman–Crippen LogP) is 2.00. The van der Waals surface area contributed by atoms with E-state index in [9.17, 15) is 4.79 Å². The van der Waals surface area contributed by atoms with Crippen molar-refractivity contribution >= 4 is 65.1 Å². The van der Waals surface area contributed by atoms with Crippen LogP contribution in [0.3, 0.4) is 0 Å². The van der Waals surface area contributed by atoms with Crippen LogP contribution in [0.25, 0.3) is 0 Å². The molecular weight excluding hydrogens is 370 g/mol. The first kappa shape index (κ1) is 25.9. The fraction of sp³-hybridized carbons (Fsp3) is 0.409. The summed E-state index contributed by atoms with van der Waals surface area (Å²) in [5.41, 5.74) is 2.72. The van der Waals surface area contributed by atoms with Crippen LogP contribution in [0.1, 0.15) is 29.9 Å². The van der Waals surface area contributed by atoms with Crippen molar-refractivity contribution < 1.29 is 9.90 Å². The topological polar surface area (TPSA) is 43.8 Å². The van der Waals surface area contributed by atoms with Gasteiger partial charge >= 0.3 is 65.1 Å². The van der Waals surface area contributed by atoms with Gasteiger partial charge in [-0.25, -0.2) is 0 Å². The summed E-state index contributed by atoms with van der Waals surface area (Å²) in [6.07, 6.45) is 2.11. The Morgan fingerprint density at radius 1 is 0.821 bits per heavy atom. The fourth-order valence-corrected chi connectivity index (χ4v) is 3.81. The molecule has 4 nitrogen and oxygen atoms in total. The maximum atomic E-state index is 10.9.